The van der Waals surface area contributed by atoms with Gasteiger partial charge in [-0.2, -0.15) is 71.1 Å². The molecule has 1 aromatic heterocycles. The predicted octanol–water partition coefficient (Wildman–Crippen LogP) is 5.60. The van der Waals surface area contributed by atoms with Crippen LogP contribution in [-0.2, 0) is 9.59 Å². The van der Waals surface area contributed by atoms with Gasteiger partial charge < -0.3 is 9.80 Å². The monoisotopic (exact) mass is 715 g/mol. The number of halogens is 15. The minimum atomic E-state index is -8.57. The lowest BCUT2D eigenvalue weighted by molar-refractivity contribution is -0.450. The van der Waals surface area contributed by atoms with E-state index in [-0.39, 0.29) is 22.2 Å². The number of fused-ring (bicyclic) bond motifs is 6. The molecule has 3 aliphatic rings. The van der Waals surface area contributed by atoms with E-state index in [1.807, 2.05) is 0 Å². The molecule has 4 heterocycles. The van der Waals surface area contributed by atoms with E-state index >= 15 is 0 Å². The van der Waals surface area contributed by atoms with Gasteiger partial charge in [-0.15, -0.1) is 0 Å². The molecule has 2 bridgehead atoms. The Balaban J connectivity index is 1.47. The number of rotatable bonds is 7. The molecule has 0 aliphatic carbocycles. The summed E-state index contributed by atoms with van der Waals surface area (Å²) in [6, 6.07) is -0.0638. The Morgan fingerprint density at radius 3 is 1.94 bits per heavy atom. The number of likely N-dealkylation sites (tertiary alicyclic amines) is 1. The van der Waals surface area contributed by atoms with Crippen LogP contribution >= 0.6 is 0 Å². The average molecular weight is 715 g/mol. The van der Waals surface area contributed by atoms with E-state index in [0.29, 0.717) is 9.80 Å². The lowest BCUT2D eigenvalue weighted by Gasteiger charge is -2.42. The molecule has 3 aliphatic heterocycles. The number of carbonyl (C=O) groups is 3. The second kappa shape index (κ2) is 10.0. The fraction of sp³-hybridized carbons (Fsp3) is 0.480. The summed E-state index contributed by atoms with van der Waals surface area (Å²) < 4.78 is 205. The predicted molar refractivity (Wildman–Crippen MR) is 125 cm³/mol. The third-order valence-corrected chi connectivity index (χ3v) is 8.23. The van der Waals surface area contributed by atoms with Crippen molar-refractivity contribution < 1.29 is 80.2 Å². The Hall–Kier alpha value is -4.52. The first kappa shape index (κ1) is 34.8. The van der Waals surface area contributed by atoms with Crippen LogP contribution in [0.4, 0.5) is 76.3 Å². The van der Waals surface area contributed by atoms with E-state index < -0.39 is 95.5 Å². The highest BCUT2D eigenvalue weighted by Crippen LogP contribution is 2.62. The van der Waals surface area contributed by atoms with Gasteiger partial charge in [0, 0.05) is 18.1 Å². The second-order valence-electron chi connectivity index (χ2n) is 10.8. The fourth-order valence-electron chi connectivity index (χ4n) is 5.84. The Labute approximate surface area is 255 Å². The van der Waals surface area contributed by atoms with Gasteiger partial charge in [-0.05, 0) is 30.7 Å². The summed E-state index contributed by atoms with van der Waals surface area (Å²) >= 11 is 0. The van der Waals surface area contributed by atoms with Gasteiger partial charge in [0.25, 0.3) is 11.8 Å². The zero-order valence-corrected chi connectivity index (χ0v) is 22.7. The number of anilines is 1. The lowest BCUT2D eigenvalue weighted by Crippen LogP contribution is -2.74. The topological polar surface area (TPSA) is 97.6 Å². The number of nitrogens with zero attached hydrogens (tertiary/aromatic N) is 5. The molecule has 0 spiro atoms. The summed E-state index contributed by atoms with van der Waals surface area (Å²) in [4.78, 5) is 44.0. The third kappa shape index (κ3) is 4.05. The molecule has 8 nitrogen and oxygen atoms in total. The molecule has 23 heteroatoms. The van der Waals surface area contributed by atoms with Gasteiger partial charge in [0.05, 0.1) is 28.9 Å². The molecule has 3 atom stereocenters. The number of imide groups is 1. The molecule has 4 amide bonds. The number of alkyl halides is 15. The first-order chi connectivity index (χ1) is 21.7. The van der Waals surface area contributed by atoms with Crippen LogP contribution in [0.5, 0.6) is 0 Å². The van der Waals surface area contributed by atoms with Gasteiger partial charge in [-0.3, -0.25) is 14.6 Å². The number of piperazine rings is 1. The van der Waals surface area contributed by atoms with Gasteiger partial charge >= 0.3 is 47.7 Å². The van der Waals surface area contributed by atoms with Crippen molar-refractivity contribution in [3.63, 3.8) is 0 Å². The van der Waals surface area contributed by atoms with Gasteiger partial charge in [0.1, 0.15) is 12.1 Å². The van der Waals surface area contributed by atoms with Crippen molar-refractivity contribution in [1.82, 2.24) is 14.8 Å². The van der Waals surface area contributed by atoms with Crippen LogP contribution < -0.4 is 4.90 Å². The highest BCUT2D eigenvalue weighted by atomic mass is 19.4. The SMILES string of the molecule is N#Cc1ccc(N2C(=O)[C@H]3C4CC(CN4C(=O)C(F)(F)C(F)(F)C(F)(F)C(F)(F)C(F)(F)C(F)(F)C(F)(F)F)N3C2=O)c2cccnc12. The molecule has 0 saturated carbocycles. The molecule has 0 radical (unpaired) electrons. The van der Waals surface area contributed by atoms with E-state index in [2.05, 4.69) is 4.98 Å². The summed E-state index contributed by atoms with van der Waals surface area (Å²) in [6.45, 7) is -1.25. The molecular formula is C25H12F15N5O3. The van der Waals surface area contributed by atoms with Crippen molar-refractivity contribution in [2.24, 2.45) is 0 Å². The normalized spacial score (nSPS) is 22.5. The lowest BCUT2D eigenvalue weighted by atomic mass is 9.90. The second-order valence-corrected chi connectivity index (χ2v) is 10.8. The molecule has 2 unspecified atom stereocenters. The number of hydrogen-bond acceptors (Lipinski definition) is 5. The van der Waals surface area contributed by atoms with E-state index in [4.69, 9.17) is 0 Å². The van der Waals surface area contributed by atoms with Crippen LogP contribution in [0.2, 0.25) is 0 Å². The van der Waals surface area contributed by atoms with Crippen LogP contribution in [0, 0.1) is 11.3 Å². The van der Waals surface area contributed by atoms with Crippen molar-refractivity contribution in [3.05, 3.63) is 36.0 Å². The van der Waals surface area contributed by atoms with Crippen molar-refractivity contribution in [2.45, 2.75) is 66.3 Å². The number of hydrogen-bond donors (Lipinski definition) is 0. The smallest absolute Gasteiger partial charge is 0.330 e. The maximum absolute atomic E-state index is 14.8. The third-order valence-electron chi connectivity index (χ3n) is 8.23. The molecule has 260 valence electrons. The van der Waals surface area contributed by atoms with Gasteiger partial charge in [0.15, 0.2) is 0 Å². The largest absolute Gasteiger partial charge is 0.460 e. The summed E-state index contributed by atoms with van der Waals surface area (Å²) in [7, 11) is 0. The maximum Gasteiger partial charge on any atom is 0.460 e. The molecule has 5 rings (SSSR count). The Morgan fingerprint density at radius 1 is 0.812 bits per heavy atom. The first-order valence-corrected chi connectivity index (χ1v) is 12.8. The minimum Gasteiger partial charge on any atom is -0.330 e. The van der Waals surface area contributed by atoms with Crippen molar-refractivity contribution >= 4 is 34.4 Å². The van der Waals surface area contributed by atoms with E-state index in [0.717, 1.165) is 12.1 Å². The van der Waals surface area contributed by atoms with Crippen LogP contribution in [0.3, 0.4) is 0 Å². The number of amides is 4. The number of nitriles is 1. The van der Waals surface area contributed by atoms with E-state index in [1.54, 1.807) is 6.07 Å². The summed E-state index contributed by atoms with van der Waals surface area (Å²) in [5, 5.41) is 9.33. The van der Waals surface area contributed by atoms with Crippen LogP contribution in [0.25, 0.3) is 10.9 Å². The molecule has 1 aromatic carbocycles. The van der Waals surface area contributed by atoms with Gasteiger partial charge in [-0.1, -0.05) is 0 Å². The highest BCUT2D eigenvalue weighted by molar-refractivity contribution is 6.25. The summed E-state index contributed by atoms with van der Waals surface area (Å²) in [5.41, 5.74) is -0.298. The van der Waals surface area contributed by atoms with Crippen LogP contribution in [0.15, 0.2) is 30.5 Å². The fourth-order valence-corrected chi connectivity index (χ4v) is 5.84. The van der Waals surface area contributed by atoms with Crippen molar-refractivity contribution in [3.8, 4) is 6.07 Å². The van der Waals surface area contributed by atoms with Gasteiger partial charge in [0.2, 0.25) is 0 Å². The van der Waals surface area contributed by atoms with Crippen LogP contribution in [-0.4, -0.2) is 99.0 Å². The van der Waals surface area contributed by atoms with Gasteiger partial charge in [-0.25, -0.2) is 9.69 Å². The molecular weight excluding hydrogens is 703 g/mol. The molecule has 2 aromatic rings. The first-order valence-electron chi connectivity index (χ1n) is 12.8. The average Bonchev–Trinajstić information content (AvgIpc) is 3.66. The minimum absolute atomic E-state index is 0.0157. The zero-order chi connectivity index (χ0) is 36.4. The van der Waals surface area contributed by atoms with Crippen molar-refractivity contribution in [1.29, 1.82) is 5.26 Å². The summed E-state index contributed by atoms with van der Waals surface area (Å²) in [5.74, 6) is -53.8. The zero-order valence-electron chi connectivity index (χ0n) is 22.7. The highest BCUT2D eigenvalue weighted by Gasteiger charge is 2.94. The quantitative estimate of drug-likeness (QED) is 0.275. The molecule has 0 N–H and O–H groups in total. The Morgan fingerprint density at radius 2 is 1.38 bits per heavy atom. The molecule has 3 saturated heterocycles. The number of aromatic nitrogens is 1. The van der Waals surface area contributed by atoms with Crippen molar-refractivity contribution in [2.75, 3.05) is 11.4 Å². The molecule has 3 fully saturated rings. The number of pyridine rings is 1. The van der Waals surface area contributed by atoms with Crippen LogP contribution in [0.1, 0.15) is 12.0 Å². The molecule has 48 heavy (non-hydrogen) atoms. The number of carbonyl (C=O) groups excluding carboxylic acids is 3. The maximum atomic E-state index is 14.8. The standard InChI is InChI=1S/C25H12F15N5O3/c26-19(27,20(28,29)21(30,31)22(32,33)23(34,35)24(36,37)25(38,39)40)17(47)43-8-10-6-13(43)15-16(46)45(18(48)44(10)15)12-4-3-9(7-41)14-11(12)2-1-5-42-14/h1-5,10,13,15H,6,8H2/t10?,13?,15-/m1/s1. The number of benzene rings is 1. The van der Waals surface area contributed by atoms with E-state index in [9.17, 15) is 85.5 Å². The van der Waals surface area contributed by atoms with E-state index in [1.165, 1.54) is 18.3 Å². The summed E-state index contributed by atoms with van der Waals surface area (Å²) in [6.07, 6.45) is -7.20. The Kier molecular flexibility index (Phi) is 7.25. The number of urea groups is 1. The Bertz CT molecular complexity index is 1770.